The maximum Gasteiger partial charge on any atom is 0.230 e. The number of amides is 1. The first kappa shape index (κ1) is 17.0. The van der Waals surface area contributed by atoms with Crippen molar-refractivity contribution in [1.29, 1.82) is 0 Å². The van der Waals surface area contributed by atoms with Gasteiger partial charge >= 0.3 is 0 Å². The molecule has 2 aromatic rings. The zero-order valence-electron chi connectivity index (χ0n) is 13.7. The second kappa shape index (κ2) is 7.83. The Labute approximate surface area is 145 Å². The van der Waals surface area contributed by atoms with Gasteiger partial charge < -0.3 is 9.88 Å². The van der Waals surface area contributed by atoms with Gasteiger partial charge in [0.2, 0.25) is 5.91 Å². The zero-order chi connectivity index (χ0) is 16.9. The molecule has 6 heteroatoms. The number of carbonyl (C=O) groups is 1. The molecule has 24 heavy (non-hydrogen) atoms. The average Bonchev–Trinajstić information content (AvgIpc) is 3.17. The fourth-order valence-electron chi connectivity index (χ4n) is 3.26. The van der Waals surface area contributed by atoms with Crippen LogP contribution in [0.3, 0.4) is 0 Å². The highest BCUT2D eigenvalue weighted by atomic mass is 32.2. The van der Waals surface area contributed by atoms with Crippen molar-refractivity contribution in [2.75, 3.05) is 5.75 Å². The van der Waals surface area contributed by atoms with E-state index in [1.54, 1.807) is 6.20 Å². The van der Waals surface area contributed by atoms with Gasteiger partial charge in [0, 0.05) is 25.5 Å². The van der Waals surface area contributed by atoms with Crippen LogP contribution in [0.2, 0.25) is 0 Å². The van der Waals surface area contributed by atoms with E-state index in [1.165, 1.54) is 23.9 Å². The molecule has 1 aromatic carbocycles. The molecule has 0 bridgehead atoms. The number of rotatable bonds is 6. The van der Waals surface area contributed by atoms with Gasteiger partial charge in [-0.05, 0) is 42.9 Å². The maximum atomic E-state index is 13.0. The number of nitrogens with one attached hydrogen (secondary N) is 1. The van der Waals surface area contributed by atoms with Crippen LogP contribution >= 0.6 is 11.8 Å². The summed E-state index contributed by atoms with van der Waals surface area (Å²) in [5.74, 6) is 0.655. The Kier molecular flexibility index (Phi) is 5.56. The Morgan fingerprint density at radius 2 is 2.17 bits per heavy atom. The molecule has 1 heterocycles. The summed E-state index contributed by atoms with van der Waals surface area (Å²) < 4.78 is 14.9. The molecule has 3 rings (SSSR count). The van der Waals surface area contributed by atoms with Gasteiger partial charge in [-0.15, -0.1) is 0 Å². The highest BCUT2D eigenvalue weighted by Crippen LogP contribution is 2.29. The van der Waals surface area contributed by atoms with Crippen molar-refractivity contribution < 1.29 is 9.18 Å². The summed E-state index contributed by atoms with van der Waals surface area (Å²) in [5, 5.41) is 4.02. The number of aryl methyl sites for hydroxylation is 1. The maximum absolute atomic E-state index is 13.0. The molecule has 1 aromatic heterocycles. The number of halogens is 1. The lowest BCUT2D eigenvalue weighted by molar-refractivity contribution is -0.119. The van der Waals surface area contributed by atoms with Crippen LogP contribution in [0.1, 0.15) is 24.8 Å². The van der Waals surface area contributed by atoms with Crippen molar-refractivity contribution in [1.82, 2.24) is 14.9 Å². The molecule has 1 N–H and O–H groups in total. The van der Waals surface area contributed by atoms with Gasteiger partial charge in [-0.2, -0.15) is 0 Å². The fraction of sp³-hybridized carbons (Fsp3) is 0.444. The Hall–Kier alpha value is -1.82. The lowest BCUT2D eigenvalue weighted by Gasteiger charge is -2.21. The molecule has 1 aliphatic carbocycles. The number of imidazole rings is 1. The van der Waals surface area contributed by atoms with Crippen LogP contribution in [-0.2, 0) is 18.3 Å². The Morgan fingerprint density at radius 1 is 1.38 bits per heavy atom. The summed E-state index contributed by atoms with van der Waals surface area (Å²) in [6.45, 7) is 0. The number of carbonyl (C=O) groups excluding carboxylic acids is 1. The molecule has 1 fully saturated rings. The van der Waals surface area contributed by atoms with E-state index in [0.717, 1.165) is 36.4 Å². The highest BCUT2D eigenvalue weighted by molar-refractivity contribution is 7.99. The van der Waals surface area contributed by atoms with E-state index >= 15 is 0 Å². The molecule has 1 saturated carbocycles. The third-order valence-electron chi connectivity index (χ3n) is 4.53. The van der Waals surface area contributed by atoms with Crippen molar-refractivity contribution in [2.24, 2.45) is 13.0 Å². The van der Waals surface area contributed by atoms with Crippen molar-refractivity contribution >= 4 is 17.7 Å². The SMILES string of the molecule is Cn1ccnc1SCC(=O)N[C@H]1CCC[C@H]1Cc1ccc(F)cc1. The zero-order valence-corrected chi connectivity index (χ0v) is 14.6. The van der Waals surface area contributed by atoms with Crippen LogP contribution < -0.4 is 5.32 Å². The van der Waals surface area contributed by atoms with Crippen LogP contribution in [0.15, 0.2) is 41.8 Å². The molecular formula is C18H22FN3OS. The quantitative estimate of drug-likeness (QED) is 0.817. The number of benzene rings is 1. The van der Waals surface area contributed by atoms with Crippen molar-refractivity contribution in [3.05, 3.63) is 48.0 Å². The summed E-state index contributed by atoms with van der Waals surface area (Å²) in [7, 11) is 1.92. The molecule has 0 aliphatic heterocycles. The first-order chi connectivity index (χ1) is 11.6. The molecule has 128 valence electrons. The molecule has 0 radical (unpaired) electrons. The summed E-state index contributed by atoms with van der Waals surface area (Å²) in [4.78, 5) is 16.4. The first-order valence-electron chi connectivity index (χ1n) is 8.26. The van der Waals surface area contributed by atoms with Crippen LogP contribution in [0.25, 0.3) is 0 Å². The monoisotopic (exact) mass is 347 g/mol. The number of nitrogens with zero attached hydrogens (tertiary/aromatic N) is 2. The Balaban J connectivity index is 1.50. The van der Waals surface area contributed by atoms with Crippen LogP contribution in [0.5, 0.6) is 0 Å². The minimum Gasteiger partial charge on any atom is -0.352 e. The number of hydrogen-bond acceptors (Lipinski definition) is 3. The largest absolute Gasteiger partial charge is 0.352 e. The van der Waals surface area contributed by atoms with Gasteiger partial charge in [-0.3, -0.25) is 4.79 Å². The standard InChI is InChI=1S/C18H22FN3OS/c1-22-10-9-20-18(22)24-12-17(23)21-16-4-2-3-14(16)11-13-5-7-15(19)8-6-13/h5-10,14,16H,2-4,11-12H2,1H3,(H,21,23)/t14-,16-/m0/s1. The van der Waals surface area contributed by atoms with E-state index in [0.29, 0.717) is 11.7 Å². The average molecular weight is 347 g/mol. The fourth-order valence-corrected chi connectivity index (χ4v) is 4.01. The first-order valence-corrected chi connectivity index (χ1v) is 9.24. The van der Waals surface area contributed by atoms with E-state index in [9.17, 15) is 9.18 Å². The third-order valence-corrected chi connectivity index (χ3v) is 5.58. The second-order valence-electron chi connectivity index (χ2n) is 6.30. The van der Waals surface area contributed by atoms with E-state index in [-0.39, 0.29) is 17.8 Å². The molecule has 4 nitrogen and oxygen atoms in total. The predicted molar refractivity (Wildman–Crippen MR) is 93.3 cm³/mol. The lowest BCUT2D eigenvalue weighted by Crippen LogP contribution is -2.39. The number of hydrogen-bond donors (Lipinski definition) is 1. The highest BCUT2D eigenvalue weighted by Gasteiger charge is 2.28. The minimum absolute atomic E-state index is 0.0546. The third kappa shape index (κ3) is 4.38. The second-order valence-corrected chi connectivity index (χ2v) is 7.25. The van der Waals surface area contributed by atoms with Gasteiger partial charge in [0.1, 0.15) is 5.82 Å². The minimum atomic E-state index is -0.207. The number of thioether (sulfide) groups is 1. The van der Waals surface area contributed by atoms with Gasteiger partial charge in [-0.25, -0.2) is 9.37 Å². The molecule has 0 unspecified atom stereocenters. The van der Waals surface area contributed by atoms with Crippen molar-refractivity contribution in [2.45, 2.75) is 36.9 Å². The predicted octanol–water partition coefficient (Wildman–Crippen LogP) is 3.18. The van der Waals surface area contributed by atoms with Crippen LogP contribution in [0.4, 0.5) is 4.39 Å². The Morgan fingerprint density at radius 3 is 2.88 bits per heavy atom. The van der Waals surface area contributed by atoms with E-state index in [1.807, 2.05) is 29.9 Å². The summed E-state index contributed by atoms with van der Waals surface area (Å²) in [5.41, 5.74) is 1.13. The normalized spacial score (nSPS) is 20.2. The molecule has 0 spiro atoms. The van der Waals surface area contributed by atoms with Gasteiger partial charge in [0.05, 0.1) is 5.75 Å². The van der Waals surface area contributed by atoms with Crippen LogP contribution in [0, 0.1) is 11.7 Å². The van der Waals surface area contributed by atoms with Gasteiger partial charge in [-0.1, -0.05) is 30.3 Å². The smallest absolute Gasteiger partial charge is 0.230 e. The number of aromatic nitrogens is 2. The van der Waals surface area contributed by atoms with Crippen molar-refractivity contribution in [3.8, 4) is 0 Å². The summed E-state index contributed by atoms with van der Waals surface area (Å²) in [6, 6.07) is 6.89. The Bertz CT molecular complexity index is 686. The van der Waals surface area contributed by atoms with Gasteiger partial charge in [0.15, 0.2) is 5.16 Å². The molecule has 0 saturated heterocycles. The van der Waals surface area contributed by atoms with Crippen molar-refractivity contribution in [3.63, 3.8) is 0 Å². The molecule has 1 amide bonds. The van der Waals surface area contributed by atoms with Crippen LogP contribution in [-0.4, -0.2) is 27.3 Å². The molecule has 1 aliphatic rings. The van der Waals surface area contributed by atoms with E-state index in [2.05, 4.69) is 10.3 Å². The molecule has 2 atom stereocenters. The topological polar surface area (TPSA) is 46.9 Å². The van der Waals surface area contributed by atoms with E-state index in [4.69, 9.17) is 0 Å². The molecular weight excluding hydrogens is 325 g/mol. The van der Waals surface area contributed by atoms with E-state index < -0.39 is 0 Å². The van der Waals surface area contributed by atoms with Gasteiger partial charge in [0.25, 0.3) is 0 Å². The summed E-state index contributed by atoms with van der Waals surface area (Å²) in [6.07, 6.45) is 7.74. The summed E-state index contributed by atoms with van der Waals surface area (Å²) >= 11 is 1.45. The lowest BCUT2D eigenvalue weighted by atomic mass is 9.94.